The van der Waals surface area contributed by atoms with Crippen molar-refractivity contribution in [1.82, 2.24) is 15.0 Å². The maximum Gasteiger partial charge on any atom is 0.150 e. The molecule has 1 saturated heterocycles. The highest BCUT2D eigenvalue weighted by molar-refractivity contribution is 5.42. The van der Waals surface area contributed by atoms with Crippen LogP contribution in [0.4, 0.5) is 5.82 Å². The molecule has 2 aromatic heterocycles. The number of anilines is 1. The van der Waals surface area contributed by atoms with Crippen LogP contribution in [0.25, 0.3) is 0 Å². The first-order valence-corrected chi connectivity index (χ1v) is 7.00. The molecule has 0 amide bonds. The van der Waals surface area contributed by atoms with Crippen molar-refractivity contribution in [2.24, 2.45) is 0 Å². The number of nitriles is 1. The highest BCUT2D eigenvalue weighted by Crippen LogP contribution is 2.15. The summed E-state index contributed by atoms with van der Waals surface area (Å²) in [5.41, 5.74) is 1.52. The van der Waals surface area contributed by atoms with Gasteiger partial charge in [0.25, 0.3) is 0 Å². The molecule has 1 aliphatic heterocycles. The van der Waals surface area contributed by atoms with E-state index in [1.54, 1.807) is 6.20 Å². The van der Waals surface area contributed by atoms with Gasteiger partial charge in [0.05, 0.1) is 17.8 Å². The molecule has 21 heavy (non-hydrogen) atoms. The van der Waals surface area contributed by atoms with E-state index in [0.29, 0.717) is 5.56 Å². The topological polar surface area (TPSA) is 69.2 Å². The van der Waals surface area contributed by atoms with E-state index in [9.17, 15) is 0 Å². The number of pyridine rings is 1. The van der Waals surface area contributed by atoms with Gasteiger partial charge in [-0.25, -0.2) is 4.98 Å². The van der Waals surface area contributed by atoms with E-state index in [4.69, 9.17) is 9.78 Å². The van der Waals surface area contributed by atoms with Gasteiger partial charge in [-0.15, -0.1) is 0 Å². The molecule has 0 bridgehead atoms. The Morgan fingerprint density at radius 1 is 1.29 bits per heavy atom. The minimum Gasteiger partial charge on any atom is -0.360 e. The Bertz CT molecular complexity index is 635. The lowest BCUT2D eigenvalue weighted by atomic mass is 10.2. The second kappa shape index (κ2) is 5.94. The molecule has 0 saturated carbocycles. The van der Waals surface area contributed by atoms with E-state index in [1.165, 1.54) is 0 Å². The largest absolute Gasteiger partial charge is 0.360 e. The molecular formula is C15H17N5O. The zero-order chi connectivity index (χ0) is 14.7. The Morgan fingerprint density at radius 3 is 2.67 bits per heavy atom. The van der Waals surface area contributed by atoms with E-state index >= 15 is 0 Å². The molecule has 0 unspecified atom stereocenters. The van der Waals surface area contributed by atoms with Crippen LogP contribution in [0.1, 0.15) is 17.0 Å². The minimum atomic E-state index is 0.595. The third-order valence-corrected chi connectivity index (χ3v) is 3.63. The average molecular weight is 283 g/mol. The van der Waals surface area contributed by atoms with Crippen LogP contribution in [0.5, 0.6) is 0 Å². The molecule has 1 fully saturated rings. The molecule has 6 heteroatoms. The maximum atomic E-state index is 8.79. The molecule has 2 aromatic rings. The summed E-state index contributed by atoms with van der Waals surface area (Å²) in [6.45, 7) is 6.50. The van der Waals surface area contributed by atoms with Crippen LogP contribution in [-0.4, -0.2) is 41.2 Å². The predicted molar refractivity (Wildman–Crippen MR) is 77.7 cm³/mol. The lowest BCUT2D eigenvalue weighted by molar-refractivity contribution is 0.219. The summed E-state index contributed by atoms with van der Waals surface area (Å²) in [6.07, 6.45) is 1.62. The first-order chi connectivity index (χ1) is 10.2. The summed E-state index contributed by atoms with van der Waals surface area (Å²) in [6, 6.07) is 7.79. The van der Waals surface area contributed by atoms with Crippen LogP contribution < -0.4 is 4.90 Å². The van der Waals surface area contributed by atoms with Crippen LogP contribution in [0.3, 0.4) is 0 Å². The van der Waals surface area contributed by atoms with E-state index in [1.807, 2.05) is 25.1 Å². The van der Waals surface area contributed by atoms with Crippen molar-refractivity contribution in [2.75, 3.05) is 31.1 Å². The fraction of sp³-hybridized carbons (Fsp3) is 0.400. The molecule has 3 rings (SSSR count). The molecule has 3 heterocycles. The quantitative estimate of drug-likeness (QED) is 0.851. The van der Waals surface area contributed by atoms with Gasteiger partial charge in [-0.3, -0.25) is 4.90 Å². The van der Waals surface area contributed by atoms with Crippen molar-refractivity contribution in [3.63, 3.8) is 0 Å². The Kier molecular flexibility index (Phi) is 3.84. The van der Waals surface area contributed by atoms with Gasteiger partial charge in [0.1, 0.15) is 11.9 Å². The fourth-order valence-electron chi connectivity index (χ4n) is 2.49. The molecule has 6 nitrogen and oxygen atoms in total. The molecule has 0 atom stereocenters. The first kappa shape index (κ1) is 13.6. The van der Waals surface area contributed by atoms with Gasteiger partial charge in [-0.1, -0.05) is 5.16 Å². The Labute approximate surface area is 123 Å². The third-order valence-electron chi connectivity index (χ3n) is 3.63. The number of aryl methyl sites for hydroxylation is 1. The Balaban J connectivity index is 1.56. The van der Waals surface area contributed by atoms with Crippen molar-refractivity contribution < 1.29 is 4.52 Å². The summed E-state index contributed by atoms with van der Waals surface area (Å²) in [5, 5.41) is 12.7. The van der Waals surface area contributed by atoms with Gasteiger partial charge in [-0.2, -0.15) is 5.26 Å². The van der Waals surface area contributed by atoms with Crippen molar-refractivity contribution in [2.45, 2.75) is 13.5 Å². The fourth-order valence-corrected chi connectivity index (χ4v) is 2.49. The monoisotopic (exact) mass is 283 g/mol. The van der Waals surface area contributed by atoms with Crippen molar-refractivity contribution >= 4 is 5.82 Å². The molecule has 0 spiro atoms. The smallest absolute Gasteiger partial charge is 0.150 e. The summed E-state index contributed by atoms with van der Waals surface area (Å²) < 4.78 is 5.26. The number of piperazine rings is 1. The van der Waals surface area contributed by atoms with Gasteiger partial charge in [0.2, 0.25) is 0 Å². The lowest BCUT2D eigenvalue weighted by Gasteiger charge is -2.34. The normalized spacial score (nSPS) is 15.9. The summed E-state index contributed by atoms with van der Waals surface area (Å²) in [5.74, 6) is 1.85. The summed E-state index contributed by atoms with van der Waals surface area (Å²) in [7, 11) is 0. The van der Waals surface area contributed by atoms with E-state index in [2.05, 4.69) is 26.0 Å². The minimum absolute atomic E-state index is 0.595. The lowest BCUT2D eigenvalue weighted by Crippen LogP contribution is -2.46. The maximum absolute atomic E-state index is 8.79. The van der Waals surface area contributed by atoms with E-state index in [-0.39, 0.29) is 0 Å². The van der Waals surface area contributed by atoms with Crippen molar-refractivity contribution in [3.05, 3.63) is 41.4 Å². The molecule has 0 aromatic carbocycles. The number of nitrogens with zero attached hydrogens (tertiary/aromatic N) is 5. The van der Waals surface area contributed by atoms with Crippen molar-refractivity contribution in [3.8, 4) is 6.07 Å². The van der Waals surface area contributed by atoms with Gasteiger partial charge in [0.15, 0.2) is 5.76 Å². The van der Waals surface area contributed by atoms with Crippen molar-refractivity contribution in [1.29, 1.82) is 5.26 Å². The SMILES string of the molecule is Cc1cc(CN2CCN(c3ccc(C#N)cn3)CC2)on1. The number of aromatic nitrogens is 2. The summed E-state index contributed by atoms with van der Waals surface area (Å²) >= 11 is 0. The van der Waals surface area contributed by atoms with Gasteiger partial charge in [0, 0.05) is 38.4 Å². The van der Waals surface area contributed by atoms with Crippen LogP contribution in [0, 0.1) is 18.3 Å². The number of hydrogen-bond donors (Lipinski definition) is 0. The van der Waals surface area contributed by atoms with Gasteiger partial charge < -0.3 is 9.42 Å². The zero-order valence-corrected chi connectivity index (χ0v) is 12.0. The van der Waals surface area contributed by atoms with E-state index in [0.717, 1.165) is 50.0 Å². The molecule has 108 valence electrons. The van der Waals surface area contributed by atoms with Gasteiger partial charge in [-0.05, 0) is 19.1 Å². The molecule has 1 aliphatic rings. The highest BCUT2D eigenvalue weighted by Gasteiger charge is 2.19. The van der Waals surface area contributed by atoms with Crippen LogP contribution in [0.15, 0.2) is 28.9 Å². The Hall–Kier alpha value is -2.39. The zero-order valence-electron chi connectivity index (χ0n) is 12.0. The molecular weight excluding hydrogens is 266 g/mol. The molecule has 0 N–H and O–H groups in total. The Morgan fingerprint density at radius 2 is 2.10 bits per heavy atom. The highest BCUT2D eigenvalue weighted by atomic mass is 16.5. The number of hydrogen-bond acceptors (Lipinski definition) is 6. The van der Waals surface area contributed by atoms with Gasteiger partial charge >= 0.3 is 0 Å². The average Bonchev–Trinajstić information content (AvgIpc) is 2.93. The summed E-state index contributed by atoms with van der Waals surface area (Å²) in [4.78, 5) is 8.93. The number of rotatable bonds is 3. The van der Waals surface area contributed by atoms with Crippen LogP contribution >= 0.6 is 0 Å². The molecule has 0 aliphatic carbocycles. The molecule has 0 radical (unpaired) electrons. The first-order valence-electron chi connectivity index (χ1n) is 7.00. The third kappa shape index (κ3) is 3.20. The van der Waals surface area contributed by atoms with Crippen LogP contribution in [-0.2, 0) is 6.54 Å². The van der Waals surface area contributed by atoms with Crippen LogP contribution in [0.2, 0.25) is 0 Å². The predicted octanol–water partition coefficient (Wildman–Crippen LogP) is 1.57. The second-order valence-electron chi connectivity index (χ2n) is 5.21. The van der Waals surface area contributed by atoms with E-state index < -0.39 is 0 Å². The standard InChI is InChI=1S/C15H17N5O/c1-12-8-14(21-18-12)11-19-4-6-20(7-5-19)15-3-2-13(9-16)10-17-15/h2-3,8,10H,4-7,11H2,1H3. The second-order valence-corrected chi connectivity index (χ2v) is 5.21.